The fourth-order valence-electron chi connectivity index (χ4n) is 3.83. The van der Waals surface area contributed by atoms with Gasteiger partial charge in [0.05, 0.1) is 0 Å². The van der Waals surface area contributed by atoms with E-state index in [0.29, 0.717) is 29.4 Å². The molecular formula is C28H33ClO6. The monoisotopic (exact) mass is 500 g/mol. The first-order chi connectivity index (χ1) is 16.8. The zero-order valence-corrected chi connectivity index (χ0v) is 21.5. The Balaban J connectivity index is 1.94. The molecule has 0 aromatic heterocycles. The fraction of sp³-hybridized carbons (Fsp3) is 0.429. The van der Waals surface area contributed by atoms with E-state index >= 15 is 0 Å². The molecular weight excluding hydrogens is 468 g/mol. The zero-order valence-electron chi connectivity index (χ0n) is 20.8. The minimum atomic E-state index is -0.406. The molecule has 0 saturated carbocycles. The largest absolute Gasteiger partial charge is 0.488 e. The molecule has 0 heterocycles. The molecule has 188 valence electrons. The lowest BCUT2D eigenvalue weighted by molar-refractivity contribution is -0.150. The highest BCUT2D eigenvalue weighted by Crippen LogP contribution is 2.43. The predicted molar refractivity (Wildman–Crippen MR) is 138 cm³/mol. The third kappa shape index (κ3) is 7.01. The highest BCUT2D eigenvalue weighted by molar-refractivity contribution is 6.31. The lowest BCUT2D eigenvalue weighted by Crippen LogP contribution is -2.22. The quantitative estimate of drug-likeness (QED) is 0.199. The Morgan fingerprint density at radius 3 is 1.69 bits per heavy atom. The maximum atomic E-state index is 11.9. The summed E-state index contributed by atoms with van der Waals surface area (Å²) in [5, 5.41) is 3.88. The van der Waals surface area contributed by atoms with Crippen LogP contribution in [-0.2, 0) is 19.1 Å². The van der Waals surface area contributed by atoms with E-state index in [2.05, 4.69) is 0 Å². The average molecular weight is 501 g/mol. The molecule has 6 nitrogen and oxygen atoms in total. The summed E-state index contributed by atoms with van der Waals surface area (Å²) in [6, 6.07) is 13.3. The van der Waals surface area contributed by atoms with Gasteiger partial charge in [-0.25, -0.2) is 0 Å². The molecule has 0 amide bonds. The Labute approximate surface area is 211 Å². The second kappa shape index (κ2) is 12.6. The number of hydrogen-bond acceptors (Lipinski definition) is 6. The Hall–Kier alpha value is -2.99. The standard InChI is InChI=1S/C28H33ClO6/c1-5-9-25(30)34-18(3)16-32-27-21-11-7-8-12-22(21)28(24-15-20(29)13-14-23(24)27)33-17-19(4)35-26(31)10-6-2/h7-8,11-15,18-19H,5-6,9-10,16-17H2,1-4H3. The summed E-state index contributed by atoms with van der Waals surface area (Å²) in [5.74, 6) is 0.841. The van der Waals surface area contributed by atoms with E-state index in [0.717, 1.165) is 34.4 Å². The van der Waals surface area contributed by atoms with E-state index in [1.807, 2.05) is 64.1 Å². The van der Waals surface area contributed by atoms with Crippen molar-refractivity contribution in [1.29, 1.82) is 0 Å². The summed E-state index contributed by atoms with van der Waals surface area (Å²) in [6.45, 7) is 7.90. The topological polar surface area (TPSA) is 71.1 Å². The van der Waals surface area contributed by atoms with Crippen LogP contribution in [0.2, 0.25) is 5.02 Å². The van der Waals surface area contributed by atoms with Crippen LogP contribution in [0, 0.1) is 0 Å². The molecule has 3 rings (SSSR count). The van der Waals surface area contributed by atoms with Crippen LogP contribution in [0.4, 0.5) is 0 Å². The summed E-state index contributed by atoms with van der Waals surface area (Å²) < 4.78 is 23.3. The fourth-order valence-corrected chi connectivity index (χ4v) is 4.00. The minimum Gasteiger partial charge on any atom is -0.488 e. The van der Waals surface area contributed by atoms with Gasteiger partial charge < -0.3 is 18.9 Å². The molecule has 35 heavy (non-hydrogen) atoms. The molecule has 2 unspecified atom stereocenters. The highest BCUT2D eigenvalue weighted by Gasteiger charge is 2.19. The van der Waals surface area contributed by atoms with Gasteiger partial charge in [0.1, 0.15) is 36.9 Å². The first-order valence-corrected chi connectivity index (χ1v) is 12.5. The summed E-state index contributed by atoms with van der Waals surface area (Å²) >= 11 is 6.35. The third-order valence-corrected chi connectivity index (χ3v) is 5.62. The molecule has 0 aliphatic rings. The number of carbonyl (C=O) groups excluding carboxylic acids is 2. The molecule has 3 aromatic rings. The van der Waals surface area contributed by atoms with Crippen LogP contribution in [0.5, 0.6) is 11.5 Å². The van der Waals surface area contributed by atoms with E-state index in [4.69, 9.17) is 30.5 Å². The molecule has 2 atom stereocenters. The maximum Gasteiger partial charge on any atom is 0.306 e. The van der Waals surface area contributed by atoms with Crippen molar-refractivity contribution >= 4 is 45.1 Å². The predicted octanol–water partition coefficient (Wildman–Crippen LogP) is 6.87. The van der Waals surface area contributed by atoms with Crippen molar-refractivity contribution in [3.8, 4) is 11.5 Å². The minimum absolute atomic E-state index is 0.200. The SMILES string of the molecule is CCCC(=O)OC(C)COc1c2ccccc2c(OCC(C)OC(=O)CCC)c2cc(Cl)ccc12. The Morgan fingerprint density at radius 2 is 1.20 bits per heavy atom. The number of hydrogen-bond donors (Lipinski definition) is 0. The second-order valence-electron chi connectivity index (χ2n) is 8.62. The lowest BCUT2D eigenvalue weighted by atomic mass is 10.0. The summed E-state index contributed by atoms with van der Waals surface area (Å²) in [5.41, 5.74) is 0. The Morgan fingerprint density at radius 1 is 0.743 bits per heavy atom. The van der Waals surface area contributed by atoms with Gasteiger partial charge in [-0.05, 0) is 44.9 Å². The first-order valence-electron chi connectivity index (χ1n) is 12.1. The normalized spacial score (nSPS) is 12.8. The molecule has 0 spiro atoms. The third-order valence-electron chi connectivity index (χ3n) is 5.39. The number of halogens is 1. The summed E-state index contributed by atoms with van der Waals surface area (Å²) in [7, 11) is 0. The number of ether oxygens (including phenoxy) is 4. The van der Waals surface area contributed by atoms with E-state index in [1.165, 1.54) is 0 Å². The lowest BCUT2D eigenvalue weighted by Gasteiger charge is -2.21. The van der Waals surface area contributed by atoms with Gasteiger partial charge in [0.25, 0.3) is 0 Å². The molecule has 0 aliphatic heterocycles. The number of rotatable bonds is 12. The summed E-state index contributed by atoms with van der Waals surface area (Å²) in [4.78, 5) is 23.7. The van der Waals surface area contributed by atoms with E-state index in [9.17, 15) is 9.59 Å². The second-order valence-corrected chi connectivity index (χ2v) is 9.05. The van der Waals surface area contributed by atoms with Gasteiger partial charge in [-0.1, -0.05) is 49.7 Å². The molecule has 0 N–H and O–H groups in total. The van der Waals surface area contributed by atoms with Crippen LogP contribution < -0.4 is 9.47 Å². The van der Waals surface area contributed by atoms with Crippen molar-refractivity contribution in [3.05, 3.63) is 47.5 Å². The Kier molecular flexibility index (Phi) is 9.61. The van der Waals surface area contributed by atoms with Crippen molar-refractivity contribution in [2.45, 2.75) is 65.6 Å². The molecule has 0 bridgehead atoms. The van der Waals surface area contributed by atoms with Crippen LogP contribution in [0.1, 0.15) is 53.4 Å². The number of fused-ring (bicyclic) bond motifs is 2. The molecule has 3 aromatic carbocycles. The first kappa shape index (κ1) is 26.6. The zero-order chi connectivity index (χ0) is 25.4. The molecule has 0 saturated heterocycles. The summed E-state index contributed by atoms with van der Waals surface area (Å²) in [6.07, 6.45) is 1.43. The van der Waals surface area contributed by atoms with E-state index < -0.39 is 12.2 Å². The van der Waals surface area contributed by atoms with Crippen molar-refractivity contribution in [2.75, 3.05) is 13.2 Å². The number of carbonyl (C=O) groups is 2. The Bertz CT molecular complexity index is 1180. The van der Waals surface area contributed by atoms with Gasteiger partial charge in [-0.15, -0.1) is 0 Å². The number of benzene rings is 3. The van der Waals surface area contributed by atoms with Gasteiger partial charge in [-0.2, -0.15) is 0 Å². The van der Waals surface area contributed by atoms with Crippen molar-refractivity contribution in [2.24, 2.45) is 0 Å². The smallest absolute Gasteiger partial charge is 0.306 e. The molecule has 0 radical (unpaired) electrons. The van der Waals surface area contributed by atoms with Crippen molar-refractivity contribution in [3.63, 3.8) is 0 Å². The van der Waals surface area contributed by atoms with Crippen molar-refractivity contribution in [1.82, 2.24) is 0 Å². The molecule has 0 aliphatic carbocycles. The van der Waals surface area contributed by atoms with Crippen LogP contribution in [0.15, 0.2) is 42.5 Å². The molecule has 0 fully saturated rings. The van der Waals surface area contributed by atoms with Crippen LogP contribution in [-0.4, -0.2) is 37.4 Å². The van der Waals surface area contributed by atoms with Crippen LogP contribution in [0.25, 0.3) is 21.5 Å². The number of esters is 2. The van der Waals surface area contributed by atoms with Gasteiger partial charge in [0, 0.05) is 39.4 Å². The highest BCUT2D eigenvalue weighted by atomic mass is 35.5. The van der Waals surface area contributed by atoms with E-state index in [1.54, 1.807) is 6.07 Å². The van der Waals surface area contributed by atoms with E-state index in [-0.39, 0.29) is 25.2 Å². The van der Waals surface area contributed by atoms with Crippen molar-refractivity contribution < 1.29 is 28.5 Å². The van der Waals surface area contributed by atoms with Gasteiger partial charge in [0.15, 0.2) is 0 Å². The van der Waals surface area contributed by atoms with Gasteiger partial charge >= 0.3 is 11.9 Å². The van der Waals surface area contributed by atoms with Gasteiger partial charge in [0.2, 0.25) is 0 Å². The van der Waals surface area contributed by atoms with Gasteiger partial charge in [-0.3, -0.25) is 9.59 Å². The van der Waals surface area contributed by atoms with Crippen LogP contribution in [0.3, 0.4) is 0 Å². The maximum absolute atomic E-state index is 11.9. The average Bonchev–Trinajstić information content (AvgIpc) is 2.81. The molecule has 7 heteroatoms. The van der Waals surface area contributed by atoms with Crippen LogP contribution >= 0.6 is 11.6 Å².